The molecule has 0 aromatic rings. The van der Waals surface area contributed by atoms with Crippen molar-refractivity contribution in [1.82, 2.24) is 10.2 Å². The van der Waals surface area contributed by atoms with Crippen molar-refractivity contribution < 1.29 is 27.9 Å². The molecule has 1 rings (SSSR count). The zero-order valence-corrected chi connectivity index (χ0v) is 9.83. The maximum absolute atomic E-state index is 12.1. The standard InChI is InChI=1S/C10H15F3N2O3/c1-6(4-10(11,12)13)14-9(18)15-3-2-7(5-15)8(16)17/h6-7H,2-5H2,1H3,(H,14,18)(H,16,17). The molecule has 1 heterocycles. The fourth-order valence-electron chi connectivity index (χ4n) is 1.85. The maximum atomic E-state index is 12.1. The van der Waals surface area contributed by atoms with Crippen LogP contribution in [0.2, 0.25) is 0 Å². The van der Waals surface area contributed by atoms with E-state index in [9.17, 15) is 22.8 Å². The third-order valence-corrected chi connectivity index (χ3v) is 2.73. The molecule has 1 aliphatic rings. The van der Waals surface area contributed by atoms with Crippen LogP contribution in [0, 0.1) is 5.92 Å². The van der Waals surface area contributed by atoms with E-state index in [1.165, 1.54) is 11.8 Å². The molecular weight excluding hydrogens is 253 g/mol. The number of nitrogens with one attached hydrogen (secondary N) is 1. The van der Waals surface area contributed by atoms with Crippen molar-refractivity contribution in [1.29, 1.82) is 0 Å². The fraction of sp³-hybridized carbons (Fsp3) is 0.800. The first-order valence-electron chi connectivity index (χ1n) is 5.54. The molecule has 0 saturated carbocycles. The van der Waals surface area contributed by atoms with Crippen LogP contribution in [-0.2, 0) is 4.79 Å². The van der Waals surface area contributed by atoms with Gasteiger partial charge in [-0.1, -0.05) is 0 Å². The van der Waals surface area contributed by atoms with Gasteiger partial charge >= 0.3 is 18.2 Å². The van der Waals surface area contributed by atoms with Crippen LogP contribution < -0.4 is 5.32 Å². The Morgan fingerprint density at radius 1 is 1.50 bits per heavy atom. The number of halogens is 3. The van der Waals surface area contributed by atoms with Gasteiger partial charge in [-0.15, -0.1) is 0 Å². The minimum absolute atomic E-state index is 0.0416. The smallest absolute Gasteiger partial charge is 0.391 e. The second kappa shape index (κ2) is 5.45. The molecule has 1 aliphatic heterocycles. The summed E-state index contributed by atoms with van der Waals surface area (Å²) in [6.07, 6.45) is -5.10. The van der Waals surface area contributed by atoms with E-state index in [-0.39, 0.29) is 13.1 Å². The van der Waals surface area contributed by atoms with Gasteiger partial charge in [0.1, 0.15) is 0 Å². The molecule has 5 nitrogen and oxygen atoms in total. The zero-order chi connectivity index (χ0) is 13.9. The number of alkyl halides is 3. The quantitative estimate of drug-likeness (QED) is 0.813. The lowest BCUT2D eigenvalue weighted by molar-refractivity contribution is -0.141. The van der Waals surface area contributed by atoms with Crippen molar-refractivity contribution in [3.8, 4) is 0 Å². The molecule has 0 aliphatic carbocycles. The Morgan fingerprint density at radius 3 is 2.56 bits per heavy atom. The number of amides is 2. The molecule has 1 fully saturated rings. The molecule has 0 aromatic heterocycles. The Bertz CT molecular complexity index is 333. The molecule has 2 amide bonds. The summed E-state index contributed by atoms with van der Waals surface area (Å²) >= 11 is 0. The van der Waals surface area contributed by atoms with Gasteiger partial charge in [0.2, 0.25) is 0 Å². The summed E-state index contributed by atoms with van der Waals surface area (Å²) < 4.78 is 36.2. The topological polar surface area (TPSA) is 69.6 Å². The summed E-state index contributed by atoms with van der Waals surface area (Å²) in [6, 6.07) is -1.67. The lowest BCUT2D eigenvalue weighted by Gasteiger charge is -2.21. The summed E-state index contributed by atoms with van der Waals surface area (Å²) in [7, 11) is 0. The van der Waals surface area contributed by atoms with Crippen molar-refractivity contribution in [3.05, 3.63) is 0 Å². The highest BCUT2D eigenvalue weighted by molar-refractivity contribution is 5.77. The first-order valence-corrected chi connectivity index (χ1v) is 5.54. The predicted molar refractivity (Wildman–Crippen MR) is 56.0 cm³/mol. The number of hydrogen-bond acceptors (Lipinski definition) is 2. The van der Waals surface area contributed by atoms with E-state index in [1.54, 1.807) is 0 Å². The summed E-state index contributed by atoms with van der Waals surface area (Å²) in [5.41, 5.74) is 0. The highest BCUT2D eigenvalue weighted by Gasteiger charge is 2.34. The summed E-state index contributed by atoms with van der Waals surface area (Å²) in [6.45, 7) is 1.55. The molecule has 0 radical (unpaired) electrons. The lowest BCUT2D eigenvalue weighted by Crippen LogP contribution is -2.44. The van der Waals surface area contributed by atoms with Gasteiger partial charge in [-0.25, -0.2) is 4.79 Å². The van der Waals surface area contributed by atoms with E-state index in [2.05, 4.69) is 5.32 Å². The molecule has 0 aromatic carbocycles. The number of carboxylic acid groups (broad SMARTS) is 1. The van der Waals surface area contributed by atoms with Crippen molar-refractivity contribution in [2.24, 2.45) is 5.92 Å². The predicted octanol–water partition coefficient (Wildman–Crippen LogP) is 1.44. The molecule has 1 saturated heterocycles. The van der Waals surface area contributed by atoms with Gasteiger partial charge in [0.05, 0.1) is 12.3 Å². The summed E-state index contributed by atoms with van der Waals surface area (Å²) in [4.78, 5) is 23.5. The molecular formula is C10H15F3N2O3. The molecule has 0 bridgehead atoms. The van der Waals surface area contributed by atoms with Gasteiger partial charge in [0.15, 0.2) is 0 Å². The van der Waals surface area contributed by atoms with Crippen molar-refractivity contribution in [3.63, 3.8) is 0 Å². The van der Waals surface area contributed by atoms with Gasteiger partial charge < -0.3 is 15.3 Å². The highest BCUT2D eigenvalue weighted by Crippen LogP contribution is 2.22. The number of hydrogen-bond donors (Lipinski definition) is 2. The lowest BCUT2D eigenvalue weighted by atomic mass is 10.1. The van der Waals surface area contributed by atoms with Gasteiger partial charge in [-0.2, -0.15) is 13.2 Å². The monoisotopic (exact) mass is 268 g/mol. The Morgan fingerprint density at radius 2 is 2.11 bits per heavy atom. The number of carboxylic acids is 1. The SMILES string of the molecule is CC(CC(F)(F)F)NC(=O)N1CCC(C(=O)O)C1. The van der Waals surface area contributed by atoms with Crippen LogP contribution in [0.25, 0.3) is 0 Å². The number of aliphatic carboxylic acids is 1. The molecule has 2 N–H and O–H groups in total. The van der Waals surface area contributed by atoms with E-state index < -0.39 is 36.6 Å². The molecule has 2 unspecified atom stereocenters. The summed E-state index contributed by atoms with van der Waals surface area (Å²) in [5.74, 6) is -1.62. The van der Waals surface area contributed by atoms with Gasteiger partial charge in [0.25, 0.3) is 0 Å². The van der Waals surface area contributed by atoms with E-state index in [0.29, 0.717) is 6.42 Å². The Hall–Kier alpha value is -1.47. The van der Waals surface area contributed by atoms with E-state index in [1.807, 2.05) is 0 Å². The number of carbonyl (C=O) groups is 2. The largest absolute Gasteiger partial charge is 0.481 e. The van der Waals surface area contributed by atoms with Crippen LogP contribution >= 0.6 is 0 Å². The molecule has 0 spiro atoms. The van der Waals surface area contributed by atoms with E-state index in [4.69, 9.17) is 5.11 Å². The van der Waals surface area contributed by atoms with E-state index >= 15 is 0 Å². The van der Waals surface area contributed by atoms with Crippen LogP contribution in [0.4, 0.5) is 18.0 Å². The van der Waals surface area contributed by atoms with Gasteiger partial charge in [-0.3, -0.25) is 4.79 Å². The van der Waals surface area contributed by atoms with Crippen molar-refractivity contribution in [2.75, 3.05) is 13.1 Å². The Labute approximate surface area is 102 Å². The average molecular weight is 268 g/mol. The van der Waals surface area contributed by atoms with Crippen molar-refractivity contribution in [2.45, 2.75) is 32.0 Å². The Kier molecular flexibility index (Phi) is 4.42. The zero-order valence-electron chi connectivity index (χ0n) is 9.83. The third-order valence-electron chi connectivity index (χ3n) is 2.73. The number of carbonyl (C=O) groups excluding carboxylic acids is 1. The number of likely N-dealkylation sites (tertiary alicyclic amines) is 1. The maximum Gasteiger partial charge on any atom is 0.391 e. The third kappa shape index (κ3) is 4.42. The Balaban J connectivity index is 2.40. The van der Waals surface area contributed by atoms with Crippen LogP contribution in [0.3, 0.4) is 0 Å². The first-order chi connectivity index (χ1) is 8.19. The highest BCUT2D eigenvalue weighted by atomic mass is 19.4. The normalized spacial score (nSPS) is 21.8. The average Bonchev–Trinajstić information content (AvgIpc) is 2.62. The number of rotatable bonds is 3. The van der Waals surface area contributed by atoms with Crippen molar-refractivity contribution >= 4 is 12.0 Å². The van der Waals surface area contributed by atoms with E-state index in [0.717, 1.165) is 0 Å². The molecule has 104 valence electrons. The van der Waals surface area contributed by atoms with Crippen LogP contribution in [0.1, 0.15) is 19.8 Å². The second-order valence-corrected chi connectivity index (χ2v) is 4.44. The summed E-state index contributed by atoms with van der Waals surface area (Å²) in [5, 5.41) is 11.0. The van der Waals surface area contributed by atoms with Gasteiger partial charge in [0, 0.05) is 19.1 Å². The minimum atomic E-state index is -4.33. The molecule has 8 heteroatoms. The fourth-order valence-corrected chi connectivity index (χ4v) is 1.85. The molecule has 2 atom stereocenters. The number of urea groups is 1. The number of nitrogens with zero attached hydrogens (tertiary/aromatic N) is 1. The second-order valence-electron chi connectivity index (χ2n) is 4.44. The molecule has 18 heavy (non-hydrogen) atoms. The van der Waals surface area contributed by atoms with Crippen LogP contribution in [0.15, 0.2) is 0 Å². The minimum Gasteiger partial charge on any atom is -0.481 e. The van der Waals surface area contributed by atoms with Gasteiger partial charge in [-0.05, 0) is 13.3 Å². The van der Waals surface area contributed by atoms with Crippen LogP contribution in [0.5, 0.6) is 0 Å². The van der Waals surface area contributed by atoms with Crippen LogP contribution in [-0.4, -0.2) is 47.3 Å². The first kappa shape index (κ1) is 14.6.